The van der Waals surface area contributed by atoms with Gasteiger partial charge in [0.2, 0.25) is 10.0 Å². The fraction of sp³-hybridized carbons (Fsp3) is 0.333. The maximum Gasteiger partial charge on any atom is 0.229 e. The van der Waals surface area contributed by atoms with E-state index in [2.05, 4.69) is 4.72 Å². The van der Waals surface area contributed by atoms with Gasteiger partial charge >= 0.3 is 0 Å². The van der Waals surface area contributed by atoms with Gasteiger partial charge in [0.25, 0.3) is 0 Å². The lowest BCUT2D eigenvalue weighted by Crippen LogP contribution is -2.16. The van der Waals surface area contributed by atoms with Crippen molar-refractivity contribution in [2.24, 2.45) is 5.73 Å². The number of phenolic OH excluding ortho intramolecular Hbond substituents is 1. The first kappa shape index (κ1) is 12.8. The molecular formula is C9H14N2O4S. The van der Waals surface area contributed by atoms with Gasteiger partial charge in [-0.3, -0.25) is 4.72 Å². The van der Waals surface area contributed by atoms with Crippen LogP contribution in [0.1, 0.15) is 11.7 Å². The van der Waals surface area contributed by atoms with Crippen LogP contribution < -0.4 is 10.5 Å². The van der Waals surface area contributed by atoms with Crippen LogP contribution in [0.25, 0.3) is 0 Å². The van der Waals surface area contributed by atoms with Gasteiger partial charge in [-0.2, -0.15) is 0 Å². The van der Waals surface area contributed by atoms with E-state index in [1.54, 1.807) is 0 Å². The first-order valence-corrected chi connectivity index (χ1v) is 6.41. The molecule has 0 bridgehead atoms. The van der Waals surface area contributed by atoms with Crippen LogP contribution in [0, 0.1) is 0 Å². The number of benzene rings is 1. The third kappa shape index (κ3) is 3.37. The van der Waals surface area contributed by atoms with Crippen molar-refractivity contribution in [2.45, 2.75) is 6.10 Å². The van der Waals surface area contributed by atoms with Crippen LogP contribution in [-0.4, -0.2) is 31.4 Å². The van der Waals surface area contributed by atoms with Gasteiger partial charge in [0.15, 0.2) is 0 Å². The predicted octanol–water partition coefficient (Wildman–Crippen LogP) is -0.244. The number of hydrogen-bond acceptors (Lipinski definition) is 5. The minimum Gasteiger partial charge on any atom is -0.508 e. The van der Waals surface area contributed by atoms with E-state index < -0.39 is 16.1 Å². The lowest BCUT2D eigenvalue weighted by Gasteiger charge is -2.14. The Bertz CT molecular complexity index is 472. The highest BCUT2D eigenvalue weighted by Crippen LogP contribution is 2.27. The smallest absolute Gasteiger partial charge is 0.229 e. The first-order valence-electron chi connectivity index (χ1n) is 4.52. The normalized spacial score (nSPS) is 13.4. The van der Waals surface area contributed by atoms with Gasteiger partial charge in [-0.15, -0.1) is 0 Å². The van der Waals surface area contributed by atoms with Crippen molar-refractivity contribution < 1.29 is 18.6 Å². The quantitative estimate of drug-likeness (QED) is 0.585. The number of sulfonamides is 1. The Kier molecular flexibility index (Phi) is 3.74. The van der Waals surface area contributed by atoms with E-state index in [9.17, 15) is 18.6 Å². The fourth-order valence-corrected chi connectivity index (χ4v) is 1.83. The van der Waals surface area contributed by atoms with Crippen molar-refractivity contribution in [2.75, 3.05) is 17.5 Å². The number of rotatable bonds is 4. The maximum atomic E-state index is 11.1. The summed E-state index contributed by atoms with van der Waals surface area (Å²) in [7, 11) is -3.47. The van der Waals surface area contributed by atoms with Crippen molar-refractivity contribution in [3.05, 3.63) is 23.8 Å². The van der Waals surface area contributed by atoms with Crippen molar-refractivity contribution >= 4 is 15.7 Å². The van der Waals surface area contributed by atoms with Crippen LogP contribution in [-0.2, 0) is 10.0 Å². The van der Waals surface area contributed by atoms with Crippen LogP contribution in [0.15, 0.2) is 18.2 Å². The lowest BCUT2D eigenvalue weighted by molar-refractivity contribution is 0.187. The van der Waals surface area contributed by atoms with Crippen LogP contribution in [0.2, 0.25) is 0 Å². The summed E-state index contributed by atoms with van der Waals surface area (Å²) in [5, 5.41) is 18.8. The van der Waals surface area contributed by atoms with E-state index in [0.29, 0.717) is 5.56 Å². The number of nitrogens with two attached hydrogens (primary N) is 1. The van der Waals surface area contributed by atoms with Gasteiger partial charge in [0, 0.05) is 18.2 Å². The molecule has 0 radical (unpaired) electrons. The monoisotopic (exact) mass is 246 g/mol. The van der Waals surface area contributed by atoms with Crippen molar-refractivity contribution in [1.29, 1.82) is 0 Å². The highest BCUT2D eigenvalue weighted by atomic mass is 32.2. The molecule has 0 saturated heterocycles. The van der Waals surface area contributed by atoms with Gasteiger partial charge in [-0.1, -0.05) is 6.07 Å². The Morgan fingerprint density at radius 2 is 2.12 bits per heavy atom. The number of phenols is 1. The summed E-state index contributed by atoms with van der Waals surface area (Å²) in [5.74, 6) is -0.0980. The van der Waals surface area contributed by atoms with Gasteiger partial charge in [-0.25, -0.2) is 8.42 Å². The molecule has 1 unspecified atom stereocenters. The Morgan fingerprint density at radius 3 is 2.62 bits per heavy atom. The molecule has 6 nitrogen and oxygen atoms in total. The second-order valence-corrected chi connectivity index (χ2v) is 5.15. The van der Waals surface area contributed by atoms with Gasteiger partial charge < -0.3 is 15.9 Å². The number of nitrogens with one attached hydrogen (secondary N) is 1. The highest BCUT2D eigenvalue weighted by Gasteiger charge is 2.14. The van der Waals surface area contributed by atoms with Crippen LogP contribution >= 0.6 is 0 Å². The zero-order chi connectivity index (χ0) is 12.3. The average Bonchev–Trinajstić information content (AvgIpc) is 2.14. The summed E-state index contributed by atoms with van der Waals surface area (Å²) in [6.45, 7) is -0.0385. The molecule has 7 heteroatoms. The molecule has 0 aromatic heterocycles. The molecule has 0 aliphatic heterocycles. The molecule has 0 heterocycles. The summed E-state index contributed by atoms with van der Waals surface area (Å²) < 4.78 is 24.3. The molecule has 0 amide bonds. The van der Waals surface area contributed by atoms with E-state index in [1.165, 1.54) is 18.2 Å². The Morgan fingerprint density at radius 1 is 1.50 bits per heavy atom. The summed E-state index contributed by atoms with van der Waals surface area (Å²) >= 11 is 0. The molecule has 0 aliphatic carbocycles. The van der Waals surface area contributed by atoms with Gasteiger partial charge in [0.1, 0.15) is 5.75 Å². The molecule has 0 fully saturated rings. The van der Waals surface area contributed by atoms with E-state index >= 15 is 0 Å². The van der Waals surface area contributed by atoms with Gasteiger partial charge in [-0.05, 0) is 6.07 Å². The van der Waals surface area contributed by atoms with Crippen molar-refractivity contribution in [1.82, 2.24) is 0 Å². The molecule has 0 spiro atoms. The highest BCUT2D eigenvalue weighted by molar-refractivity contribution is 7.92. The number of aliphatic hydroxyl groups is 1. The molecule has 16 heavy (non-hydrogen) atoms. The summed E-state index contributed by atoms with van der Waals surface area (Å²) in [5.41, 5.74) is 5.74. The molecule has 1 atom stereocenters. The van der Waals surface area contributed by atoms with Crippen LogP contribution in [0.5, 0.6) is 5.75 Å². The second-order valence-electron chi connectivity index (χ2n) is 3.40. The van der Waals surface area contributed by atoms with E-state index in [0.717, 1.165) is 6.26 Å². The van der Waals surface area contributed by atoms with E-state index in [-0.39, 0.29) is 18.0 Å². The van der Waals surface area contributed by atoms with Crippen LogP contribution in [0.4, 0.5) is 5.69 Å². The molecule has 1 aromatic carbocycles. The predicted molar refractivity (Wildman–Crippen MR) is 60.6 cm³/mol. The lowest BCUT2D eigenvalue weighted by atomic mass is 10.1. The third-order valence-electron chi connectivity index (χ3n) is 1.91. The Hall–Kier alpha value is -1.31. The van der Waals surface area contributed by atoms with Gasteiger partial charge in [0.05, 0.1) is 18.0 Å². The summed E-state index contributed by atoms with van der Waals surface area (Å²) in [6.07, 6.45) is 0.000180. The zero-order valence-corrected chi connectivity index (χ0v) is 9.53. The Balaban J connectivity index is 3.18. The summed E-state index contributed by atoms with van der Waals surface area (Å²) in [6, 6.07) is 3.98. The molecule has 0 saturated carbocycles. The number of anilines is 1. The Labute approximate surface area is 93.8 Å². The van der Waals surface area contributed by atoms with E-state index in [1.807, 2.05) is 0 Å². The largest absolute Gasteiger partial charge is 0.508 e. The molecule has 90 valence electrons. The topological polar surface area (TPSA) is 113 Å². The molecular weight excluding hydrogens is 232 g/mol. The number of hydrogen-bond donors (Lipinski definition) is 4. The zero-order valence-electron chi connectivity index (χ0n) is 8.71. The van der Waals surface area contributed by atoms with Crippen molar-refractivity contribution in [3.63, 3.8) is 0 Å². The summed E-state index contributed by atoms with van der Waals surface area (Å²) in [4.78, 5) is 0. The fourth-order valence-electron chi connectivity index (χ4n) is 1.25. The molecule has 5 N–H and O–H groups in total. The number of aliphatic hydroxyl groups excluding tert-OH is 1. The van der Waals surface area contributed by atoms with Crippen molar-refractivity contribution in [3.8, 4) is 5.75 Å². The standard InChI is InChI=1S/C9H14N2O4S/c1-16(14,15)11-8-4-6(12)2-3-7(8)9(13)5-10/h2-4,9,11-13H,5,10H2,1H3. The maximum absolute atomic E-state index is 11.1. The first-order chi connectivity index (χ1) is 7.33. The minimum atomic E-state index is -3.47. The molecule has 1 rings (SSSR count). The third-order valence-corrected chi connectivity index (χ3v) is 2.51. The SMILES string of the molecule is CS(=O)(=O)Nc1cc(O)ccc1C(O)CN. The minimum absolute atomic E-state index is 0.0385. The average molecular weight is 246 g/mol. The van der Waals surface area contributed by atoms with E-state index in [4.69, 9.17) is 5.73 Å². The molecule has 1 aromatic rings. The molecule has 0 aliphatic rings. The second kappa shape index (κ2) is 4.69. The van der Waals surface area contributed by atoms with Crippen LogP contribution in [0.3, 0.4) is 0 Å². The number of aromatic hydroxyl groups is 1.